The van der Waals surface area contributed by atoms with E-state index in [0.717, 1.165) is 35.4 Å². The van der Waals surface area contributed by atoms with E-state index < -0.39 is 0 Å². The Balaban J connectivity index is 1.58. The third-order valence-electron chi connectivity index (χ3n) is 6.03. The van der Waals surface area contributed by atoms with Gasteiger partial charge in [0.2, 0.25) is 0 Å². The second-order valence-corrected chi connectivity index (χ2v) is 10.1. The quantitative estimate of drug-likeness (QED) is 0.255. The van der Waals surface area contributed by atoms with Crippen molar-refractivity contribution in [1.29, 1.82) is 0 Å². The molecule has 1 saturated heterocycles. The second kappa shape index (κ2) is 12.1. The summed E-state index contributed by atoms with van der Waals surface area (Å²) in [5, 5.41) is 2.07. The van der Waals surface area contributed by atoms with Crippen molar-refractivity contribution >= 4 is 40.4 Å². The zero-order valence-corrected chi connectivity index (χ0v) is 22.3. The Bertz CT molecular complexity index is 1300. The number of hydrogen-bond acceptors (Lipinski definition) is 5. The van der Waals surface area contributed by atoms with Crippen LogP contribution in [0.4, 0.5) is 0 Å². The fourth-order valence-corrected chi connectivity index (χ4v) is 4.47. The summed E-state index contributed by atoms with van der Waals surface area (Å²) in [7, 11) is 0. The number of hydrogen-bond donors (Lipinski definition) is 0. The van der Waals surface area contributed by atoms with Crippen molar-refractivity contribution in [3.8, 4) is 0 Å². The average Bonchev–Trinajstić information content (AvgIpc) is 2.91. The van der Waals surface area contributed by atoms with Gasteiger partial charge >= 0.3 is 0 Å². The maximum atomic E-state index is 6.20. The SMILES string of the molecule is Clc1ccc(Cc2nc(Cc3ccc(Cl)cc3)nc(/C(=C/N3CCOCC3)c3ccc(Cl)cc3)n2)cc1. The highest BCUT2D eigenvalue weighted by Gasteiger charge is 2.17. The fraction of sp³-hybridized carbons (Fsp3) is 0.207. The molecule has 0 atom stereocenters. The van der Waals surface area contributed by atoms with Crippen molar-refractivity contribution in [2.24, 2.45) is 0 Å². The maximum absolute atomic E-state index is 6.20. The van der Waals surface area contributed by atoms with Crippen LogP contribution in [0.15, 0.2) is 79.0 Å². The Labute approximate surface area is 231 Å². The van der Waals surface area contributed by atoms with Gasteiger partial charge in [0.15, 0.2) is 5.82 Å². The van der Waals surface area contributed by atoms with E-state index in [4.69, 9.17) is 54.5 Å². The third kappa shape index (κ3) is 7.08. The predicted molar refractivity (Wildman–Crippen MR) is 149 cm³/mol. The molecule has 0 unspecified atom stereocenters. The molecule has 0 N–H and O–H groups in total. The molecule has 2 heterocycles. The Hall–Kier alpha value is -2.96. The lowest BCUT2D eigenvalue weighted by Gasteiger charge is -2.26. The zero-order chi connectivity index (χ0) is 25.6. The highest BCUT2D eigenvalue weighted by Crippen LogP contribution is 2.25. The van der Waals surface area contributed by atoms with Crippen molar-refractivity contribution in [3.05, 3.63) is 128 Å². The van der Waals surface area contributed by atoms with E-state index in [2.05, 4.69) is 11.1 Å². The highest BCUT2D eigenvalue weighted by molar-refractivity contribution is 6.31. The normalized spacial score (nSPS) is 14.1. The van der Waals surface area contributed by atoms with Crippen LogP contribution in [0.25, 0.3) is 5.57 Å². The molecule has 0 aliphatic carbocycles. The molecule has 188 valence electrons. The number of morpholine rings is 1. The van der Waals surface area contributed by atoms with Crippen LogP contribution in [-0.4, -0.2) is 46.2 Å². The number of aromatic nitrogens is 3. The molecule has 5 rings (SSSR count). The second-order valence-electron chi connectivity index (χ2n) is 8.80. The highest BCUT2D eigenvalue weighted by atomic mass is 35.5. The Morgan fingerprint density at radius 1 is 0.676 bits per heavy atom. The summed E-state index contributed by atoms with van der Waals surface area (Å²) in [5.41, 5.74) is 4.04. The van der Waals surface area contributed by atoms with E-state index in [1.54, 1.807) is 0 Å². The summed E-state index contributed by atoms with van der Waals surface area (Å²) >= 11 is 18.4. The minimum atomic E-state index is 0.561. The van der Waals surface area contributed by atoms with E-state index in [1.165, 1.54) is 0 Å². The lowest BCUT2D eigenvalue weighted by Crippen LogP contribution is -2.32. The van der Waals surface area contributed by atoms with Gasteiger partial charge in [-0.15, -0.1) is 0 Å². The summed E-state index contributed by atoms with van der Waals surface area (Å²) in [6, 6.07) is 23.3. The summed E-state index contributed by atoms with van der Waals surface area (Å²) in [6.45, 7) is 2.98. The minimum absolute atomic E-state index is 0.561. The number of halogens is 3. The van der Waals surface area contributed by atoms with Crippen molar-refractivity contribution in [2.75, 3.05) is 26.3 Å². The van der Waals surface area contributed by atoms with Gasteiger partial charge in [0.25, 0.3) is 0 Å². The topological polar surface area (TPSA) is 51.1 Å². The standard InChI is InChI=1S/C29H25Cl3N4O/c30-23-7-1-20(2-8-23)17-27-33-28(18-21-3-9-24(31)10-4-21)35-29(34-27)26(19-36-13-15-37-16-14-36)22-5-11-25(32)12-6-22/h1-12,19H,13-18H2/b26-19+. The first kappa shape index (κ1) is 25.7. The van der Waals surface area contributed by atoms with Crippen LogP contribution in [0.1, 0.15) is 34.2 Å². The molecule has 5 nitrogen and oxygen atoms in total. The van der Waals surface area contributed by atoms with Gasteiger partial charge in [0.1, 0.15) is 11.6 Å². The number of nitrogens with zero attached hydrogens (tertiary/aromatic N) is 4. The van der Waals surface area contributed by atoms with Crippen LogP contribution in [0.5, 0.6) is 0 Å². The largest absolute Gasteiger partial charge is 0.378 e. The molecular weight excluding hydrogens is 527 g/mol. The van der Waals surface area contributed by atoms with Crippen molar-refractivity contribution < 1.29 is 4.74 Å². The molecule has 1 aromatic heterocycles. The molecule has 0 spiro atoms. The Morgan fingerprint density at radius 3 is 1.62 bits per heavy atom. The average molecular weight is 552 g/mol. The van der Waals surface area contributed by atoms with Crippen LogP contribution in [-0.2, 0) is 17.6 Å². The van der Waals surface area contributed by atoms with Gasteiger partial charge in [0, 0.05) is 52.8 Å². The molecule has 1 aliphatic heterocycles. The molecule has 37 heavy (non-hydrogen) atoms. The van der Waals surface area contributed by atoms with Crippen LogP contribution < -0.4 is 0 Å². The molecule has 0 bridgehead atoms. The first-order valence-corrected chi connectivity index (χ1v) is 13.2. The van der Waals surface area contributed by atoms with Crippen molar-refractivity contribution in [1.82, 2.24) is 19.9 Å². The van der Waals surface area contributed by atoms with Crippen molar-refractivity contribution in [2.45, 2.75) is 12.8 Å². The monoisotopic (exact) mass is 550 g/mol. The van der Waals surface area contributed by atoms with Crippen LogP contribution >= 0.6 is 34.8 Å². The molecule has 3 aromatic carbocycles. The van der Waals surface area contributed by atoms with E-state index >= 15 is 0 Å². The van der Waals surface area contributed by atoms with Gasteiger partial charge < -0.3 is 9.64 Å². The fourth-order valence-electron chi connectivity index (χ4n) is 4.10. The van der Waals surface area contributed by atoms with Gasteiger partial charge in [-0.25, -0.2) is 15.0 Å². The molecule has 0 amide bonds. The van der Waals surface area contributed by atoms with E-state index in [1.807, 2.05) is 72.8 Å². The van der Waals surface area contributed by atoms with Gasteiger partial charge in [-0.2, -0.15) is 0 Å². The lowest BCUT2D eigenvalue weighted by molar-refractivity contribution is 0.0596. The molecule has 1 aliphatic rings. The number of ether oxygens (including phenoxy) is 1. The summed E-state index contributed by atoms with van der Waals surface area (Å²) in [5.74, 6) is 2.01. The summed E-state index contributed by atoms with van der Waals surface area (Å²) in [6.07, 6.45) is 3.25. The number of benzene rings is 3. The molecule has 1 fully saturated rings. The Morgan fingerprint density at radius 2 is 1.14 bits per heavy atom. The molecule has 0 saturated carbocycles. The molecule has 4 aromatic rings. The predicted octanol–water partition coefficient (Wildman–Crippen LogP) is 6.73. The summed E-state index contributed by atoms with van der Waals surface area (Å²) < 4.78 is 5.55. The first-order valence-electron chi connectivity index (χ1n) is 12.0. The molecule has 0 radical (unpaired) electrons. The van der Waals surface area contributed by atoms with Crippen LogP contribution in [0.3, 0.4) is 0 Å². The lowest BCUT2D eigenvalue weighted by atomic mass is 10.1. The summed E-state index contributed by atoms with van der Waals surface area (Å²) in [4.78, 5) is 17.0. The van der Waals surface area contributed by atoms with E-state index in [0.29, 0.717) is 58.6 Å². The van der Waals surface area contributed by atoms with Crippen LogP contribution in [0.2, 0.25) is 15.1 Å². The smallest absolute Gasteiger partial charge is 0.165 e. The van der Waals surface area contributed by atoms with Gasteiger partial charge in [-0.1, -0.05) is 71.2 Å². The minimum Gasteiger partial charge on any atom is -0.378 e. The third-order valence-corrected chi connectivity index (χ3v) is 6.79. The number of rotatable bonds is 7. The van der Waals surface area contributed by atoms with E-state index in [-0.39, 0.29) is 0 Å². The molecule has 8 heteroatoms. The van der Waals surface area contributed by atoms with Gasteiger partial charge in [0.05, 0.1) is 13.2 Å². The maximum Gasteiger partial charge on any atom is 0.165 e. The molecular formula is C29H25Cl3N4O. The Kier molecular flexibility index (Phi) is 8.37. The van der Waals surface area contributed by atoms with Crippen molar-refractivity contribution in [3.63, 3.8) is 0 Å². The van der Waals surface area contributed by atoms with Gasteiger partial charge in [-0.3, -0.25) is 0 Å². The van der Waals surface area contributed by atoms with E-state index in [9.17, 15) is 0 Å². The van der Waals surface area contributed by atoms with Crippen LogP contribution in [0, 0.1) is 0 Å². The first-order chi connectivity index (χ1) is 18.0. The zero-order valence-electron chi connectivity index (χ0n) is 20.1. The van der Waals surface area contributed by atoms with Gasteiger partial charge in [-0.05, 0) is 53.1 Å².